The highest BCUT2D eigenvalue weighted by Crippen LogP contribution is 2.34. The number of ether oxygens (including phenoxy) is 2. The smallest absolute Gasteiger partial charge is 0.348 e. The summed E-state index contributed by atoms with van der Waals surface area (Å²) in [6.07, 6.45) is 2.91. The molecule has 7 rings (SSSR count). The van der Waals surface area contributed by atoms with Crippen LogP contribution in [0, 0.1) is 0 Å². The molecule has 3 aromatic carbocycles. The van der Waals surface area contributed by atoms with Crippen LogP contribution in [0.5, 0.6) is 11.5 Å². The maximum Gasteiger partial charge on any atom is 0.348 e. The Balaban J connectivity index is 1.31. The maximum absolute atomic E-state index is 14.3. The second kappa shape index (κ2) is 11.5. The van der Waals surface area contributed by atoms with Crippen LogP contribution in [0.3, 0.4) is 0 Å². The SMILES string of the molecule is COc1ccc(-n2nc(-c3n[nH]c(=O)n3-c3ccc(OC)cc3)c3c2C(=O)N(c2ccc(N4CCCCC4=O)cc2)CC3)cc1. The van der Waals surface area contributed by atoms with Gasteiger partial charge in [0.15, 0.2) is 5.82 Å². The lowest BCUT2D eigenvalue weighted by atomic mass is 10.0. The lowest BCUT2D eigenvalue weighted by molar-refractivity contribution is -0.119. The zero-order valence-electron chi connectivity index (χ0n) is 24.9. The van der Waals surface area contributed by atoms with Crippen molar-refractivity contribution in [3.05, 3.63) is 94.5 Å². The third-order valence-electron chi connectivity index (χ3n) is 8.34. The fourth-order valence-electron chi connectivity index (χ4n) is 6.01. The highest BCUT2D eigenvalue weighted by atomic mass is 16.5. The van der Waals surface area contributed by atoms with Gasteiger partial charge >= 0.3 is 5.69 Å². The van der Waals surface area contributed by atoms with Crippen molar-refractivity contribution in [2.75, 3.05) is 37.1 Å². The van der Waals surface area contributed by atoms with Gasteiger partial charge < -0.3 is 19.3 Å². The molecule has 2 aliphatic rings. The van der Waals surface area contributed by atoms with Crippen molar-refractivity contribution in [2.45, 2.75) is 25.7 Å². The molecule has 4 heterocycles. The zero-order valence-corrected chi connectivity index (χ0v) is 24.9. The Kier molecular flexibility index (Phi) is 7.16. The third-order valence-corrected chi connectivity index (χ3v) is 8.34. The highest BCUT2D eigenvalue weighted by molar-refractivity contribution is 6.08. The Morgan fingerprint density at radius 3 is 1.91 bits per heavy atom. The van der Waals surface area contributed by atoms with Crippen molar-refractivity contribution in [3.63, 3.8) is 0 Å². The van der Waals surface area contributed by atoms with Crippen LogP contribution >= 0.6 is 0 Å². The first kappa shape index (κ1) is 28.1. The minimum Gasteiger partial charge on any atom is -0.497 e. The molecular weight excluding hydrogens is 574 g/mol. The predicted octanol–water partition coefficient (Wildman–Crippen LogP) is 4.15. The molecule has 0 spiro atoms. The molecule has 1 fully saturated rings. The number of anilines is 2. The Morgan fingerprint density at radius 1 is 0.689 bits per heavy atom. The number of carbonyl (C=O) groups excluding carboxylic acids is 2. The Labute approximate surface area is 258 Å². The van der Waals surface area contributed by atoms with Crippen LogP contribution in [0.15, 0.2) is 77.6 Å². The zero-order chi connectivity index (χ0) is 31.1. The molecule has 2 aliphatic heterocycles. The summed E-state index contributed by atoms with van der Waals surface area (Å²) in [6.45, 7) is 1.09. The number of hydrogen-bond acceptors (Lipinski definition) is 7. The summed E-state index contributed by atoms with van der Waals surface area (Å²) in [7, 11) is 3.17. The molecule has 0 atom stereocenters. The number of benzene rings is 3. The number of aromatic amines is 1. The highest BCUT2D eigenvalue weighted by Gasteiger charge is 2.35. The summed E-state index contributed by atoms with van der Waals surface area (Å²) in [5.41, 5.74) is 3.85. The second-order valence-electron chi connectivity index (χ2n) is 10.9. The summed E-state index contributed by atoms with van der Waals surface area (Å²) >= 11 is 0. The van der Waals surface area contributed by atoms with Gasteiger partial charge in [-0.2, -0.15) is 10.2 Å². The summed E-state index contributed by atoms with van der Waals surface area (Å²) in [5, 5.41) is 11.8. The summed E-state index contributed by atoms with van der Waals surface area (Å²) < 4.78 is 13.7. The van der Waals surface area contributed by atoms with E-state index in [1.165, 1.54) is 4.57 Å². The van der Waals surface area contributed by atoms with Crippen molar-refractivity contribution in [2.24, 2.45) is 0 Å². The number of amides is 2. The number of methoxy groups -OCH3 is 2. The molecule has 1 N–H and O–H groups in total. The summed E-state index contributed by atoms with van der Waals surface area (Å²) in [4.78, 5) is 43.3. The van der Waals surface area contributed by atoms with E-state index in [9.17, 15) is 14.4 Å². The molecular formula is C33H31N7O5. The van der Waals surface area contributed by atoms with Gasteiger partial charge in [0.05, 0.1) is 25.6 Å². The average Bonchev–Trinajstić information content (AvgIpc) is 3.66. The van der Waals surface area contributed by atoms with Gasteiger partial charge in [-0.15, -0.1) is 0 Å². The van der Waals surface area contributed by atoms with Gasteiger partial charge in [0.2, 0.25) is 5.91 Å². The van der Waals surface area contributed by atoms with Gasteiger partial charge in [-0.1, -0.05) is 0 Å². The number of nitrogens with zero attached hydrogens (tertiary/aromatic N) is 6. The molecule has 0 radical (unpaired) electrons. The number of rotatable bonds is 7. The largest absolute Gasteiger partial charge is 0.497 e. The lowest BCUT2D eigenvalue weighted by Gasteiger charge is -2.29. The maximum atomic E-state index is 14.3. The molecule has 12 heteroatoms. The van der Waals surface area contributed by atoms with Crippen LogP contribution in [0.1, 0.15) is 35.3 Å². The monoisotopic (exact) mass is 605 g/mol. The number of nitrogens with one attached hydrogen (secondary N) is 1. The van der Waals surface area contributed by atoms with E-state index >= 15 is 0 Å². The summed E-state index contributed by atoms with van der Waals surface area (Å²) in [6, 6.07) is 21.9. The van der Waals surface area contributed by atoms with Gasteiger partial charge in [0.25, 0.3) is 5.91 Å². The molecule has 0 unspecified atom stereocenters. The fourth-order valence-corrected chi connectivity index (χ4v) is 6.01. The van der Waals surface area contributed by atoms with E-state index in [2.05, 4.69) is 10.2 Å². The van der Waals surface area contributed by atoms with Crippen LogP contribution < -0.4 is 25.0 Å². The van der Waals surface area contributed by atoms with Crippen molar-refractivity contribution < 1.29 is 19.1 Å². The van der Waals surface area contributed by atoms with Gasteiger partial charge in [0.1, 0.15) is 22.9 Å². The number of piperidine rings is 1. The number of carbonyl (C=O) groups is 2. The first-order chi connectivity index (χ1) is 22.0. The number of fused-ring (bicyclic) bond motifs is 1. The number of H-pyrrole nitrogens is 1. The van der Waals surface area contributed by atoms with Crippen molar-refractivity contribution in [1.82, 2.24) is 24.5 Å². The van der Waals surface area contributed by atoms with E-state index in [0.29, 0.717) is 71.6 Å². The van der Waals surface area contributed by atoms with Gasteiger partial charge in [-0.05, 0) is 92.1 Å². The molecule has 12 nitrogen and oxygen atoms in total. The molecule has 45 heavy (non-hydrogen) atoms. The van der Waals surface area contributed by atoms with Gasteiger partial charge in [-0.3, -0.25) is 9.59 Å². The Morgan fingerprint density at radius 2 is 1.29 bits per heavy atom. The fraction of sp³-hybridized carbons (Fsp3) is 0.242. The minimum atomic E-state index is -0.432. The van der Waals surface area contributed by atoms with Crippen LogP contribution in [-0.2, 0) is 11.2 Å². The van der Waals surface area contributed by atoms with E-state index in [-0.39, 0.29) is 11.8 Å². The molecule has 0 saturated carbocycles. The Hall–Kier alpha value is -5.65. The van der Waals surface area contributed by atoms with E-state index in [0.717, 1.165) is 24.2 Å². The van der Waals surface area contributed by atoms with Crippen molar-refractivity contribution >= 4 is 23.2 Å². The molecule has 5 aromatic rings. The van der Waals surface area contributed by atoms with Crippen molar-refractivity contribution in [1.29, 1.82) is 0 Å². The van der Waals surface area contributed by atoms with Gasteiger partial charge in [0, 0.05) is 36.4 Å². The first-order valence-electron chi connectivity index (χ1n) is 14.8. The molecule has 0 bridgehead atoms. The quantitative estimate of drug-likeness (QED) is 0.295. The standard InChI is InChI=1S/C33H31N7O5/c1-44-25-14-10-23(11-15-25)39-31(34-35-33(39)43)29-27-18-20-38(22-8-6-21(7-9-22)37-19-4-3-5-28(37)41)32(42)30(27)40(36-29)24-12-16-26(45-2)17-13-24/h6-17H,3-5,18-20H2,1-2H3,(H,35,43). The third kappa shape index (κ3) is 4.93. The van der Waals surface area contributed by atoms with E-state index < -0.39 is 5.69 Å². The molecule has 1 saturated heterocycles. The van der Waals surface area contributed by atoms with Crippen LogP contribution in [0.4, 0.5) is 11.4 Å². The molecule has 228 valence electrons. The van der Waals surface area contributed by atoms with Crippen LogP contribution in [0.25, 0.3) is 22.9 Å². The normalized spacial score (nSPS) is 14.9. The van der Waals surface area contributed by atoms with E-state index in [1.807, 2.05) is 36.4 Å². The lowest BCUT2D eigenvalue weighted by Crippen LogP contribution is -2.39. The van der Waals surface area contributed by atoms with Crippen LogP contribution in [0.2, 0.25) is 0 Å². The minimum absolute atomic E-state index is 0.120. The topological polar surface area (TPSA) is 128 Å². The summed E-state index contributed by atoms with van der Waals surface area (Å²) in [5.74, 6) is 1.50. The first-order valence-corrected chi connectivity index (χ1v) is 14.8. The molecule has 2 amide bonds. The number of aromatic nitrogens is 5. The predicted molar refractivity (Wildman–Crippen MR) is 168 cm³/mol. The second-order valence-corrected chi connectivity index (χ2v) is 10.9. The van der Waals surface area contributed by atoms with Gasteiger partial charge in [-0.25, -0.2) is 19.1 Å². The molecule has 2 aromatic heterocycles. The molecule has 0 aliphatic carbocycles. The van der Waals surface area contributed by atoms with E-state index in [1.54, 1.807) is 65.1 Å². The van der Waals surface area contributed by atoms with E-state index in [4.69, 9.17) is 14.6 Å². The average molecular weight is 606 g/mol. The Bertz CT molecular complexity index is 1940. The number of hydrogen-bond donors (Lipinski definition) is 1. The van der Waals surface area contributed by atoms with Crippen LogP contribution in [-0.4, -0.2) is 63.7 Å². The van der Waals surface area contributed by atoms with Crippen molar-refractivity contribution in [3.8, 4) is 34.4 Å².